The van der Waals surface area contributed by atoms with Crippen LogP contribution in [0, 0.1) is 34.5 Å². The first-order chi connectivity index (χ1) is 9.50. The van der Waals surface area contributed by atoms with Crippen LogP contribution in [0.15, 0.2) is 0 Å². The summed E-state index contributed by atoms with van der Waals surface area (Å²) in [4.78, 5) is 11.7. The molecule has 21 heavy (non-hydrogen) atoms. The van der Waals surface area contributed by atoms with Gasteiger partial charge in [-0.3, -0.25) is 4.79 Å². The number of carbonyl (C=O) groups excluding carboxylic acids is 1. The Bertz CT molecular complexity index is 589. The van der Waals surface area contributed by atoms with Gasteiger partial charge in [-0.25, -0.2) is 22.0 Å². The van der Waals surface area contributed by atoms with E-state index >= 15 is 0 Å². The van der Waals surface area contributed by atoms with Crippen molar-refractivity contribution in [3.05, 3.63) is 34.6 Å². The molecule has 1 aromatic rings. The van der Waals surface area contributed by atoms with Gasteiger partial charge in [0.2, 0.25) is 5.82 Å². The maximum absolute atomic E-state index is 13.4. The van der Waals surface area contributed by atoms with Gasteiger partial charge in [0, 0.05) is 12.0 Å². The van der Waals surface area contributed by atoms with E-state index in [2.05, 4.69) is 0 Å². The van der Waals surface area contributed by atoms with Crippen LogP contribution in [0.1, 0.15) is 24.2 Å². The fraction of sp³-hybridized carbons (Fsp3) is 0.333. The van der Waals surface area contributed by atoms with Gasteiger partial charge in [-0.05, 0) is 0 Å². The summed E-state index contributed by atoms with van der Waals surface area (Å²) >= 11 is 4.72. The molecule has 0 unspecified atom stereocenters. The van der Waals surface area contributed by atoms with E-state index in [4.69, 9.17) is 18.0 Å². The maximum Gasteiger partial charge on any atom is 0.257 e. The Hall–Kier alpha value is -1.77. The third-order valence-electron chi connectivity index (χ3n) is 2.79. The highest BCUT2D eigenvalue weighted by molar-refractivity contribution is 7.80. The molecule has 116 valence electrons. The lowest BCUT2D eigenvalue weighted by Gasteiger charge is -2.23. The van der Waals surface area contributed by atoms with Crippen LogP contribution in [0.3, 0.4) is 0 Å². The molecule has 0 aliphatic rings. The van der Waals surface area contributed by atoms with E-state index in [1.165, 1.54) is 13.8 Å². The molecule has 0 fully saturated rings. The number of amides is 1. The van der Waals surface area contributed by atoms with Crippen molar-refractivity contribution in [2.45, 2.75) is 13.8 Å². The van der Waals surface area contributed by atoms with E-state index in [1.54, 1.807) is 0 Å². The SMILES string of the molecule is CC(C)(CNC(=O)c1c(F)c(F)c(F)c(F)c1F)C(N)=S. The third kappa shape index (κ3) is 3.29. The molecule has 0 spiro atoms. The van der Waals surface area contributed by atoms with E-state index in [1.807, 2.05) is 5.32 Å². The van der Waals surface area contributed by atoms with Crippen molar-refractivity contribution in [1.82, 2.24) is 5.32 Å². The van der Waals surface area contributed by atoms with Gasteiger partial charge in [0.1, 0.15) is 5.56 Å². The van der Waals surface area contributed by atoms with Crippen LogP contribution in [-0.2, 0) is 0 Å². The number of rotatable bonds is 4. The fourth-order valence-electron chi connectivity index (χ4n) is 1.28. The van der Waals surface area contributed by atoms with E-state index in [0.29, 0.717) is 0 Å². The van der Waals surface area contributed by atoms with E-state index in [0.717, 1.165) is 0 Å². The first-order valence-electron chi connectivity index (χ1n) is 5.60. The first-order valence-corrected chi connectivity index (χ1v) is 6.01. The summed E-state index contributed by atoms with van der Waals surface area (Å²) < 4.78 is 65.6. The Labute approximate surface area is 122 Å². The maximum atomic E-state index is 13.4. The topological polar surface area (TPSA) is 55.1 Å². The first kappa shape index (κ1) is 17.3. The minimum atomic E-state index is -2.33. The predicted molar refractivity (Wildman–Crippen MR) is 69.1 cm³/mol. The average Bonchev–Trinajstić information content (AvgIpc) is 2.41. The van der Waals surface area contributed by atoms with E-state index in [9.17, 15) is 26.7 Å². The molecule has 0 bridgehead atoms. The minimum absolute atomic E-state index is 0.0141. The second-order valence-electron chi connectivity index (χ2n) is 4.88. The lowest BCUT2D eigenvalue weighted by molar-refractivity contribution is 0.0933. The highest BCUT2D eigenvalue weighted by Crippen LogP contribution is 2.23. The van der Waals surface area contributed by atoms with Gasteiger partial charge in [-0.1, -0.05) is 26.1 Å². The second kappa shape index (κ2) is 5.92. The molecule has 0 heterocycles. The Balaban J connectivity index is 3.13. The third-order valence-corrected chi connectivity index (χ3v) is 3.35. The molecule has 3 nitrogen and oxygen atoms in total. The quantitative estimate of drug-likeness (QED) is 0.387. The molecule has 0 aliphatic heterocycles. The number of hydrogen-bond acceptors (Lipinski definition) is 2. The van der Waals surface area contributed by atoms with Gasteiger partial charge >= 0.3 is 0 Å². The lowest BCUT2D eigenvalue weighted by atomic mass is 9.93. The van der Waals surface area contributed by atoms with Crippen molar-refractivity contribution in [2.24, 2.45) is 11.1 Å². The number of hydrogen-bond donors (Lipinski definition) is 2. The number of nitrogens with one attached hydrogen (secondary N) is 1. The standard InChI is InChI=1S/C12H11F5N2OS/c1-12(2,11(18)21)3-19-10(20)4-5(13)7(15)9(17)8(16)6(4)14/h3H2,1-2H3,(H2,18,21)(H,19,20). The average molecular weight is 326 g/mol. The molecule has 9 heteroatoms. The summed E-state index contributed by atoms with van der Waals surface area (Å²) in [6, 6.07) is 0. The summed E-state index contributed by atoms with van der Waals surface area (Å²) in [6.07, 6.45) is 0. The molecule has 1 aromatic carbocycles. The van der Waals surface area contributed by atoms with Gasteiger partial charge in [-0.2, -0.15) is 0 Å². The van der Waals surface area contributed by atoms with Gasteiger partial charge in [0.25, 0.3) is 5.91 Å². The van der Waals surface area contributed by atoms with Gasteiger partial charge < -0.3 is 11.1 Å². The normalized spacial score (nSPS) is 11.4. The van der Waals surface area contributed by atoms with Crippen LogP contribution >= 0.6 is 12.2 Å². The Morgan fingerprint density at radius 2 is 1.43 bits per heavy atom. The van der Waals surface area contributed by atoms with Crippen molar-refractivity contribution in [1.29, 1.82) is 0 Å². The Morgan fingerprint density at radius 1 is 1.05 bits per heavy atom. The van der Waals surface area contributed by atoms with Crippen LogP contribution in [0.2, 0.25) is 0 Å². The van der Waals surface area contributed by atoms with Crippen LogP contribution in [0.5, 0.6) is 0 Å². The summed E-state index contributed by atoms with van der Waals surface area (Å²) in [6.45, 7) is 2.84. The molecule has 0 radical (unpaired) electrons. The smallest absolute Gasteiger partial charge is 0.257 e. The number of thiocarbonyl (C=S) groups is 1. The molecule has 1 rings (SSSR count). The number of carbonyl (C=O) groups is 1. The predicted octanol–water partition coefficient (Wildman–Crippen LogP) is 2.42. The minimum Gasteiger partial charge on any atom is -0.393 e. The van der Waals surface area contributed by atoms with Gasteiger partial charge in [0.15, 0.2) is 23.3 Å². The van der Waals surface area contributed by atoms with Crippen LogP contribution in [0.25, 0.3) is 0 Å². The van der Waals surface area contributed by atoms with Crippen molar-refractivity contribution in [3.8, 4) is 0 Å². The number of nitrogens with two attached hydrogens (primary N) is 1. The molecule has 0 saturated carbocycles. The monoisotopic (exact) mass is 326 g/mol. The molecule has 0 aromatic heterocycles. The zero-order chi connectivity index (χ0) is 16.5. The van der Waals surface area contributed by atoms with Crippen molar-refractivity contribution in [2.75, 3.05) is 6.54 Å². The van der Waals surface area contributed by atoms with Gasteiger partial charge in [0.05, 0.1) is 4.99 Å². The summed E-state index contributed by atoms with van der Waals surface area (Å²) in [5.74, 6) is -12.5. The molecule has 0 saturated heterocycles. The Morgan fingerprint density at radius 3 is 1.81 bits per heavy atom. The Kier molecular flexibility index (Phi) is 4.87. The zero-order valence-corrected chi connectivity index (χ0v) is 11.8. The summed E-state index contributed by atoms with van der Waals surface area (Å²) in [7, 11) is 0. The largest absolute Gasteiger partial charge is 0.393 e. The fourth-order valence-corrected chi connectivity index (χ4v) is 1.35. The molecular formula is C12H11F5N2OS. The number of benzene rings is 1. The second-order valence-corrected chi connectivity index (χ2v) is 5.32. The van der Waals surface area contributed by atoms with Crippen molar-refractivity contribution >= 4 is 23.1 Å². The molecule has 1 amide bonds. The molecular weight excluding hydrogens is 315 g/mol. The lowest BCUT2D eigenvalue weighted by Crippen LogP contribution is -2.42. The number of halogens is 5. The van der Waals surface area contributed by atoms with Crippen LogP contribution in [0.4, 0.5) is 22.0 Å². The van der Waals surface area contributed by atoms with E-state index in [-0.39, 0.29) is 11.5 Å². The molecule has 3 N–H and O–H groups in total. The van der Waals surface area contributed by atoms with E-state index < -0.39 is 46.0 Å². The van der Waals surface area contributed by atoms with Crippen LogP contribution < -0.4 is 11.1 Å². The van der Waals surface area contributed by atoms with Crippen molar-refractivity contribution < 1.29 is 26.7 Å². The summed E-state index contributed by atoms with van der Waals surface area (Å²) in [5.41, 5.74) is 2.94. The van der Waals surface area contributed by atoms with Crippen LogP contribution in [-0.4, -0.2) is 17.4 Å². The van der Waals surface area contributed by atoms with Gasteiger partial charge in [-0.15, -0.1) is 0 Å². The molecule has 0 atom stereocenters. The summed E-state index contributed by atoms with van der Waals surface area (Å²) in [5, 5.41) is 2.03. The zero-order valence-electron chi connectivity index (χ0n) is 11.0. The highest BCUT2D eigenvalue weighted by atomic mass is 32.1. The molecule has 0 aliphatic carbocycles. The highest BCUT2D eigenvalue weighted by Gasteiger charge is 2.31. The van der Waals surface area contributed by atoms with Crippen molar-refractivity contribution in [3.63, 3.8) is 0 Å².